The fourth-order valence-electron chi connectivity index (χ4n) is 5.74. The lowest BCUT2D eigenvalue weighted by atomic mass is 9.99. The molecule has 2 aliphatic heterocycles. The Kier molecular flexibility index (Phi) is 9.27. The molecule has 11 heteroatoms. The van der Waals surface area contributed by atoms with Gasteiger partial charge in [-0.1, -0.05) is 36.4 Å². The zero-order chi connectivity index (χ0) is 31.3. The third-order valence-electron chi connectivity index (χ3n) is 8.02. The van der Waals surface area contributed by atoms with Crippen molar-refractivity contribution in [2.24, 2.45) is 0 Å². The van der Waals surface area contributed by atoms with Gasteiger partial charge in [-0.05, 0) is 54.8 Å². The lowest BCUT2D eigenvalue weighted by Crippen LogP contribution is -2.44. The van der Waals surface area contributed by atoms with Crippen LogP contribution in [0.25, 0.3) is 16.9 Å². The largest absolute Gasteiger partial charge is 0.497 e. The molecule has 0 bridgehead atoms. The third kappa shape index (κ3) is 6.36. The highest BCUT2D eigenvalue weighted by Gasteiger charge is 2.38. The molecule has 0 spiro atoms. The minimum Gasteiger partial charge on any atom is -0.497 e. The van der Waals surface area contributed by atoms with Crippen molar-refractivity contribution in [1.82, 2.24) is 15.1 Å². The Morgan fingerprint density at radius 3 is 2.47 bits per heavy atom. The Hall–Kier alpha value is -4.48. The first-order valence-corrected chi connectivity index (χ1v) is 15.9. The van der Waals surface area contributed by atoms with Crippen molar-refractivity contribution in [3.63, 3.8) is 0 Å². The molecule has 1 aromatic heterocycles. The molecule has 45 heavy (non-hydrogen) atoms. The van der Waals surface area contributed by atoms with Gasteiger partial charge >= 0.3 is 0 Å². The molecule has 2 atom stereocenters. The molecule has 1 N–H and O–H groups in total. The van der Waals surface area contributed by atoms with Crippen LogP contribution in [0.4, 0.5) is 5.82 Å². The van der Waals surface area contributed by atoms with Crippen molar-refractivity contribution < 1.29 is 28.5 Å². The SMILES string of the molecule is COc1ccc(-n2nc(-c3ccccc3)c3c2N(CC(=O)NC[C@H]2CCCO2)C(=O)CS[C@H]3c2ccc(OC)c(OC)c2)cc1. The number of nitrogens with one attached hydrogen (secondary N) is 1. The number of ether oxygens (including phenoxy) is 4. The van der Waals surface area contributed by atoms with Crippen LogP contribution in [0, 0.1) is 0 Å². The van der Waals surface area contributed by atoms with E-state index in [0.717, 1.165) is 35.2 Å². The van der Waals surface area contributed by atoms with Crippen LogP contribution in [-0.4, -0.2) is 74.5 Å². The molecule has 2 amide bonds. The van der Waals surface area contributed by atoms with Gasteiger partial charge in [-0.15, -0.1) is 11.8 Å². The summed E-state index contributed by atoms with van der Waals surface area (Å²) in [7, 11) is 4.82. The second kappa shape index (κ2) is 13.7. The lowest BCUT2D eigenvalue weighted by Gasteiger charge is -2.24. The summed E-state index contributed by atoms with van der Waals surface area (Å²) >= 11 is 1.50. The van der Waals surface area contributed by atoms with E-state index in [-0.39, 0.29) is 35.5 Å². The predicted molar refractivity (Wildman–Crippen MR) is 174 cm³/mol. The number of hydrogen-bond donors (Lipinski definition) is 1. The number of nitrogens with zero attached hydrogens (tertiary/aromatic N) is 3. The molecule has 6 rings (SSSR count). The summed E-state index contributed by atoms with van der Waals surface area (Å²) in [6.07, 6.45) is 1.87. The second-order valence-electron chi connectivity index (χ2n) is 10.8. The summed E-state index contributed by atoms with van der Waals surface area (Å²) in [5.41, 5.74) is 4.08. The Labute approximate surface area is 266 Å². The first kappa shape index (κ1) is 30.5. The van der Waals surface area contributed by atoms with E-state index in [0.29, 0.717) is 41.9 Å². The van der Waals surface area contributed by atoms with E-state index in [4.69, 9.17) is 24.0 Å². The molecule has 1 saturated heterocycles. The molecular formula is C34H36N4O6S. The maximum Gasteiger partial charge on any atom is 0.240 e. The number of hydrogen-bond acceptors (Lipinski definition) is 8. The Morgan fingerprint density at radius 1 is 1.00 bits per heavy atom. The molecule has 3 heterocycles. The minimum atomic E-state index is -0.314. The number of thioether (sulfide) groups is 1. The maximum atomic E-state index is 14.0. The van der Waals surface area contributed by atoms with Crippen molar-refractivity contribution in [2.45, 2.75) is 24.2 Å². The second-order valence-corrected chi connectivity index (χ2v) is 11.9. The number of methoxy groups -OCH3 is 3. The van der Waals surface area contributed by atoms with Gasteiger partial charge in [-0.25, -0.2) is 4.68 Å². The molecule has 1 fully saturated rings. The summed E-state index contributed by atoms with van der Waals surface area (Å²) in [5.74, 6) is 2.14. The third-order valence-corrected chi connectivity index (χ3v) is 9.27. The summed E-state index contributed by atoms with van der Waals surface area (Å²) in [4.78, 5) is 29.0. The zero-order valence-corrected chi connectivity index (χ0v) is 26.3. The number of amides is 2. The number of carbonyl (C=O) groups excluding carboxylic acids is 2. The summed E-state index contributed by atoms with van der Waals surface area (Å²) in [5, 5.41) is 7.82. The molecule has 10 nitrogen and oxygen atoms in total. The van der Waals surface area contributed by atoms with Crippen LogP contribution in [0.15, 0.2) is 72.8 Å². The zero-order valence-electron chi connectivity index (χ0n) is 25.5. The highest BCUT2D eigenvalue weighted by molar-refractivity contribution is 8.00. The van der Waals surface area contributed by atoms with Gasteiger partial charge in [0.1, 0.15) is 18.1 Å². The topological polar surface area (TPSA) is 104 Å². The number of fused-ring (bicyclic) bond motifs is 1. The standard InChI is InChI=1S/C34H36N4O6S/c1-41-25-14-12-24(13-15-25)38-34-31(32(36-38)22-8-5-4-6-9-22)33(23-11-16-27(42-2)28(18-23)43-3)45-21-30(40)37(34)20-29(39)35-19-26-10-7-17-44-26/h4-6,8-9,11-16,18,26,33H,7,10,17,19-21H2,1-3H3,(H,35,39)/t26-,33+/m1/s1. The van der Waals surface area contributed by atoms with E-state index < -0.39 is 0 Å². The quantitative estimate of drug-likeness (QED) is 0.261. The van der Waals surface area contributed by atoms with Crippen molar-refractivity contribution >= 4 is 29.4 Å². The van der Waals surface area contributed by atoms with Crippen molar-refractivity contribution in [3.05, 3.63) is 83.9 Å². The van der Waals surface area contributed by atoms with Gasteiger partial charge < -0.3 is 24.3 Å². The molecular weight excluding hydrogens is 592 g/mol. The molecule has 4 aromatic rings. The van der Waals surface area contributed by atoms with Gasteiger partial charge in [0.25, 0.3) is 0 Å². The van der Waals surface area contributed by atoms with Crippen LogP contribution >= 0.6 is 11.8 Å². The van der Waals surface area contributed by atoms with Crippen LogP contribution in [0.3, 0.4) is 0 Å². The fourth-order valence-corrected chi connectivity index (χ4v) is 6.93. The van der Waals surface area contributed by atoms with E-state index in [1.54, 1.807) is 30.9 Å². The molecule has 234 valence electrons. The number of carbonyl (C=O) groups is 2. The van der Waals surface area contributed by atoms with Crippen molar-refractivity contribution in [1.29, 1.82) is 0 Å². The van der Waals surface area contributed by atoms with Gasteiger partial charge in [0, 0.05) is 24.3 Å². The van der Waals surface area contributed by atoms with Crippen molar-refractivity contribution in [2.75, 3.05) is 51.7 Å². The molecule has 3 aromatic carbocycles. The van der Waals surface area contributed by atoms with Crippen LogP contribution in [0.1, 0.15) is 29.2 Å². The predicted octanol–water partition coefficient (Wildman–Crippen LogP) is 5.03. The van der Waals surface area contributed by atoms with E-state index in [1.165, 1.54) is 11.8 Å². The summed E-state index contributed by atoms with van der Waals surface area (Å²) in [6, 6.07) is 23.2. The van der Waals surface area contributed by atoms with Crippen LogP contribution in [-0.2, 0) is 14.3 Å². The lowest BCUT2D eigenvalue weighted by molar-refractivity contribution is -0.123. The fraction of sp³-hybridized carbons (Fsp3) is 0.324. The van der Waals surface area contributed by atoms with Crippen LogP contribution in [0.2, 0.25) is 0 Å². The first-order valence-electron chi connectivity index (χ1n) is 14.9. The molecule has 2 aliphatic rings. The number of anilines is 1. The van der Waals surface area contributed by atoms with E-state index in [1.807, 2.05) is 72.8 Å². The number of rotatable bonds is 10. The van der Waals surface area contributed by atoms with Crippen LogP contribution in [0.5, 0.6) is 17.2 Å². The van der Waals surface area contributed by atoms with Crippen LogP contribution < -0.4 is 24.4 Å². The van der Waals surface area contributed by atoms with Gasteiger partial charge in [0.05, 0.1) is 49.8 Å². The van der Waals surface area contributed by atoms with Crippen molar-refractivity contribution in [3.8, 4) is 34.2 Å². The maximum absolute atomic E-state index is 14.0. The van der Waals surface area contributed by atoms with Gasteiger partial charge in [0.2, 0.25) is 11.8 Å². The Morgan fingerprint density at radius 2 is 1.78 bits per heavy atom. The van der Waals surface area contributed by atoms with Gasteiger partial charge in [-0.2, -0.15) is 5.10 Å². The number of benzene rings is 3. The first-order chi connectivity index (χ1) is 22.0. The van der Waals surface area contributed by atoms with E-state index in [9.17, 15) is 9.59 Å². The van der Waals surface area contributed by atoms with Gasteiger partial charge in [-0.3, -0.25) is 14.5 Å². The Bertz CT molecular complexity index is 1650. The average molecular weight is 629 g/mol. The molecule has 0 radical (unpaired) electrons. The van der Waals surface area contributed by atoms with Gasteiger partial charge in [0.15, 0.2) is 11.5 Å². The highest BCUT2D eigenvalue weighted by atomic mass is 32.2. The summed E-state index contributed by atoms with van der Waals surface area (Å²) < 4.78 is 24.0. The molecule has 0 unspecified atom stereocenters. The normalized spacial score (nSPS) is 17.8. The summed E-state index contributed by atoms with van der Waals surface area (Å²) in [6.45, 7) is 0.949. The monoisotopic (exact) mass is 628 g/mol. The van der Waals surface area contributed by atoms with E-state index >= 15 is 0 Å². The minimum absolute atomic E-state index is 0.0103. The highest BCUT2D eigenvalue weighted by Crippen LogP contribution is 2.49. The Balaban J connectivity index is 1.53. The smallest absolute Gasteiger partial charge is 0.240 e. The van der Waals surface area contributed by atoms with E-state index in [2.05, 4.69) is 5.32 Å². The number of aromatic nitrogens is 2. The molecule has 0 aliphatic carbocycles. The average Bonchev–Trinajstić information content (AvgIpc) is 3.72. The molecule has 0 saturated carbocycles.